The maximum atomic E-state index is 13.4. The van der Waals surface area contributed by atoms with Gasteiger partial charge in [-0.05, 0) is 89.6 Å². The van der Waals surface area contributed by atoms with Crippen molar-refractivity contribution in [3.05, 3.63) is 119 Å². The Bertz CT molecular complexity index is 1570. The van der Waals surface area contributed by atoms with Crippen molar-refractivity contribution in [1.29, 1.82) is 0 Å². The zero-order chi connectivity index (χ0) is 31.7. The molecule has 230 valence electrons. The first-order chi connectivity index (χ1) is 21.0. The number of aryl methyl sites for hydroxylation is 1. The summed E-state index contributed by atoms with van der Waals surface area (Å²) in [5.41, 5.74) is 5.31. The largest absolute Gasteiger partial charge is 1.00 e. The molecule has 0 radical (unpaired) electrons. The summed E-state index contributed by atoms with van der Waals surface area (Å²) < 4.78 is 41.9. The molecule has 1 amide bonds. The first-order valence-corrected chi connectivity index (χ1v) is 15.3. The standard InChI is InChI=1S/C34H33F3N2O4S.Li/c1-23-8-6-7-11-28(23)30-20-25(14-17-29(30)32(40)38-31(33(41)42)18-19-44-2)22-39(26-9-4-3-5-10-26)21-24-12-15-27(16-13-24)43-34(35,36)37;/h3-17,20,31H,18-19,21-22H2,1-2H3,(H,38,40)(H,41,42);/q;+1/p-1/t31-;/m0./s1. The minimum absolute atomic E-state index is 0. The maximum absolute atomic E-state index is 13.4. The molecule has 0 aliphatic carbocycles. The molecular formula is C34H32F3LiN2O4S. The molecule has 0 spiro atoms. The van der Waals surface area contributed by atoms with Crippen LogP contribution in [0, 0.1) is 6.92 Å². The quantitative estimate of drug-likeness (QED) is 0.229. The minimum atomic E-state index is -4.77. The Morgan fingerprint density at radius 2 is 1.51 bits per heavy atom. The number of hydrogen-bond donors (Lipinski definition) is 1. The zero-order valence-corrected chi connectivity index (χ0v) is 26.1. The molecule has 0 saturated heterocycles. The summed E-state index contributed by atoms with van der Waals surface area (Å²) in [6.45, 7) is 2.75. The number of ether oxygens (including phenoxy) is 1. The summed E-state index contributed by atoms with van der Waals surface area (Å²) in [7, 11) is 0. The molecular weight excluding hydrogens is 596 g/mol. The monoisotopic (exact) mass is 628 g/mol. The molecule has 4 aromatic rings. The summed E-state index contributed by atoms with van der Waals surface area (Å²) in [5.74, 6) is -1.58. The van der Waals surface area contributed by atoms with E-state index >= 15 is 0 Å². The van der Waals surface area contributed by atoms with Crippen molar-refractivity contribution in [3.8, 4) is 16.9 Å². The fourth-order valence-electron chi connectivity index (χ4n) is 4.82. The van der Waals surface area contributed by atoms with Crippen LogP contribution in [0.5, 0.6) is 5.75 Å². The van der Waals surface area contributed by atoms with Crippen LogP contribution in [-0.2, 0) is 17.9 Å². The number of carbonyl (C=O) groups excluding carboxylic acids is 2. The Labute approximate surface area is 277 Å². The third-order valence-corrected chi connectivity index (χ3v) is 7.63. The fraction of sp³-hybridized carbons (Fsp3) is 0.235. The van der Waals surface area contributed by atoms with Crippen LogP contribution in [0.3, 0.4) is 0 Å². The van der Waals surface area contributed by atoms with Crippen molar-refractivity contribution in [2.45, 2.75) is 38.8 Å². The van der Waals surface area contributed by atoms with E-state index in [2.05, 4.69) is 15.0 Å². The first kappa shape index (κ1) is 35.6. The van der Waals surface area contributed by atoms with Crippen molar-refractivity contribution >= 4 is 29.3 Å². The van der Waals surface area contributed by atoms with Gasteiger partial charge in [0.25, 0.3) is 5.91 Å². The average Bonchev–Trinajstić information content (AvgIpc) is 2.99. The van der Waals surface area contributed by atoms with Gasteiger partial charge >= 0.3 is 25.2 Å². The Morgan fingerprint density at radius 1 is 0.889 bits per heavy atom. The molecule has 0 aliphatic heterocycles. The van der Waals surface area contributed by atoms with Gasteiger partial charge in [-0.25, -0.2) is 0 Å². The van der Waals surface area contributed by atoms with Crippen LogP contribution < -0.4 is 38.9 Å². The molecule has 0 aliphatic rings. The first-order valence-electron chi connectivity index (χ1n) is 13.9. The Morgan fingerprint density at radius 3 is 2.13 bits per heavy atom. The van der Waals surface area contributed by atoms with Crippen molar-refractivity contribution in [1.82, 2.24) is 5.32 Å². The van der Waals surface area contributed by atoms with Crippen molar-refractivity contribution < 1.29 is 51.5 Å². The van der Waals surface area contributed by atoms with E-state index in [-0.39, 0.29) is 31.0 Å². The predicted molar refractivity (Wildman–Crippen MR) is 165 cm³/mol. The minimum Gasteiger partial charge on any atom is -0.548 e. The molecule has 4 aromatic carbocycles. The van der Waals surface area contributed by atoms with Gasteiger partial charge in [0.2, 0.25) is 0 Å². The molecule has 0 aromatic heterocycles. The number of amides is 1. The smallest absolute Gasteiger partial charge is 0.548 e. The number of nitrogens with one attached hydrogen (secondary N) is 1. The average molecular weight is 629 g/mol. The molecule has 1 N–H and O–H groups in total. The summed E-state index contributed by atoms with van der Waals surface area (Å²) in [6.07, 6.45) is -2.67. The van der Waals surface area contributed by atoms with Gasteiger partial charge in [-0.1, -0.05) is 60.7 Å². The fourth-order valence-corrected chi connectivity index (χ4v) is 5.29. The maximum Gasteiger partial charge on any atom is 1.00 e. The second-order valence-electron chi connectivity index (χ2n) is 10.2. The summed E-state index contributed by atoms with van der Waals surface area (Å²) in [4.78, 5) is 27.2. The topological polar surface area (TPSA) is 81.7 Å². The second kappa shape index (κ2) is 16.5. The summed E-state index contributed by atoms with van der Waals surface area (Å²) >= 11 is 1.48. The summed E-state index contributed by atoms with van der Waals surface area (Å²) in [6, 6.07) is 27.3. The van der Waals surface area contributed by atoms with E-state index < -0.39 is 24.3 Å². The number of thioether (sulfide) groups is 1. The van der Waals surface area contributed by atoms with E-state index in [0.29, 0.717) is 30.0 Å². The van der Waals surface area contributed by atoms with Gasteiger partial charge in [-0.2, -0.15) is 11.8 Å². The van der Waals surface area contributed by atoms with E-state index in [0.717, 1.165) is 27.9 Å². The van der Waals surface area contributed by atoms with Crippen LogP contribution in [-0.4, -0.2) is 36.3 Å². The van der Waals surface area contributed by atoms with Crippen molar-refractivity contribution in [3.63, 3.8) is 0 Å². The number of carbonyl (C=O) groups is 2. The molecule has 11 heteroatoms. The SMILES string of the molecule is CSCC[C@H](NC(=O)c1ccc(CN(Cc2ccc(OC(F)(F)F)cc2)c2ccccc2)cc1-c1ccccc1C)C(=O)[O-].[Li+]. The predicted octanol–water partition coefficient (Wildman–Crippen LogP) is 3.37. The van der Waals surface area contributed by atoms with Crippen LogP contribution in [0.1, 0.15) is 33.5 Å². The number of hydrogen-bond acceptors (Lipinski definition) is 6. The van der Waals surface area contributed by atoms with Gasteiger partial charge in [0.1, 0.15) is 5.75 Å². The molecule has 1 atom stereocenters. The van der Waals surface area contributed by atoms with Crippen molar-refractivity contribution in [2.75, 3.05) is 16.9 Å². The van der Waals surface area contributed by atoms with Gasteiger partial charge in [-0.15, -0.1) is 13.2 Å². The molecule has 4 rings (SSSR count). The molecule has 6 nitrogen and oxygen atoms in total. The van der Waals surface area contributed by atoms with Crippen LogP contribution in [0.25, 0.3) is 11.1 Å². The third-order valence-electron chi connectivity index (χ3n) is 6.99. The third kappa shape index (κ3) is 10.4. The van der Waals surface area contributed by atoms with Gasteiger partial charge in [0, 0.05) is 24.3 Å². The summed E-state index contributed by atoms with van der Waals surface area (Å²) in [5, 5.41) is 14.4. The van der Waals surface area contributed by atoms with Crippen LogP contribution in [0.15, 0.2) is 97.1 Å². The number of alkyl halides is 3. The normalized spacial score (nSPS) is 11.7. The number of nitrogens with zero attached hydrogens (tertiary/aromatic N) is 1. The van der Waals surface area contributed by atoms with E-state index in [1.807, 2.05) is 79.9 Å². The second-order valence-corrected chi connectivity index (χ2v) is 11.2. The Kier molecular flexibility index (Phi) is 13.0. The molecule has 0 heterocycles. The van der Waals surface area contributed by atoms with Gasteiger partial charge in [0.05, 0.1) is 12.0 Å². The number of halogens is 3. The Hall–Kier alpha value is -3.84. The zero-order valence-electron chi connectivity index (χ0n) is 25.3. The number of carboxylic acid groups (broad SMARTS) is 1. The Balaban J connectivity index is 0.00000552. The molecule has 0 unspecified atom stereocenters. The van der Waals surface area contributed by atoms with E-state index in [4.69, 9.17) is 0 Å². The molecule has 0 saturated carbocycles. The molecule has 0 fully saturated rings. The van der Waals surface area contributed by atoms with E-state index in [1.54, 1.807) is 18.2 Å². The van der Waals surface area contributed by atoms with E-state index in [1.165, 1.54) is 23.9 Å². The van der Waals surface area contributed by atoms with Gasteiger partial charge in [0.15, 0.2) is 0 Å². The van der Waals surface area contributed by atoms with Crippen LogP contribution in [0.2, 0.25) is 0 Å². The van der Waals surface area contributed by atoms with Gasteiger partial charge in [-0.3, -0.25) is 4.79 Å². The number of para-hydroxylation sites is 1. The number of benzene rings is 4. The number of aliphatic carboxylic acids is 1. The van der Waals surface area contributed by atoms with Crippen molar-refractivity contribution in [2.24, 2.45) is 0 Å². The molecule has 45 heavy (non-hydrogen) atoms. The van der Waals surface area contributed by atoms with Gasteiger partial charge < -0.3 is 24.9 Å². The van der Waals surface area contributed by atoms with Crippen LogP contribution in [0.4, 0.5) is 18.9 Å². The number of anilines is 1. The number of rotatable bonds is 13. The van der Waals surface area contributed by atoms with Crippen LogP contribution >= 0.6 is 11.8 Å². The number of carboxylic acids is 1. The van der Waals surface area contributed by atoms with E-state index in [9.17, 15) is 27.9 Å². The molecule has 0 bridgehead atoms.